The maximum atomic E-state index is 5.18. The molecule has 7 heteroatoms. The standard InChI is InChI=1S/C18H21N5OS/c1-22-11-3-4-14(12-22)17-19-20-18-23(17)21-16(25-18)10-7-13-5-8-15(24-2)9-6-13/h5-10,14H,3-4,11-12H2,1-2H3/b10-7+. The minimum absolute atomic E-state index is 0.411. The summed E-state index contributed by atoms with van der Waals surface area (Å²) in [7, 11) is 3.83. The zero-order chi connectivity index (χ0) is 17.2. The number of piperidine rings is 1. The summed E-state index contributed by atoms with van der Waals surface area (Å²) in [4.78, 5) is 3.21. The normalized spacial score (nSPS) is 19.0. The first-order valence-corrected chi connectivity index (χ1v) is 9.27. The molecular weight excluding hydrogens is 334 g/mol. The van der Waals surface area contributed by atoms with Crippen molar-refractivity contribution in [1.82, 2.24) is 24.7 Å². The van der Waals surface area contributed by atoms with Gasteiger partial charge in [-0.1, -0.05) is 29.5 Å². The van der Waals surface area contributed by atoms with E-state index in [1.807, 2.05) is 34.9 Å². The van der Waals surface area contributed by atoms with E-state index in [0.29, 0.717) is 5.92 Å². The van der Waals surface area contributed by atoms with Crippen LogP contribution in [0.5, 0.6) is 5.75 Å². The molecule has 0 amide bonds. The van der Waals surface area contributed by atoms with Gasteiger partial charge >= 0.3 is 0 Å². The number of aromatic nitrogens is 4. The van der Waals surface area contributed by atoms with Gasteiger partial charge in [0.05, 0.1) is 7.11 Å². The monoisotopic (exact) mass is 355 g/mol. The highest BCUT2D eigenvalue weighted by Crippen LogP contribution is 2.27. The second kappa shape index (κ2) is 6.93. The third-order valence-electron chi connectivity index (χ3n) is 4.55. The van der Waals surface area contributed by atoms with Crippen LogP contribution in [0.25, 0.3) is 17.1 Å². The average molecular weight is 355 g/mol. The van der Waals surface area contributed by atoms with E-state index in [-0.39, 0.29) is 0 Å². The van der Waals surface area contributed by atoms with Crippen LogP contribution >= 0.6 is 11.3 Å². The van der Waals surface area contributed by atoms with E-state index < -0.39 is 0 Å². The van der Waals surface area contributed by atoms with Crippen LogP contribution in [0.1, 0.15) is 35.2 Å². The van der Waals surface area contributed by atoms with Crippen molar-refractivity contribution >= 4 is 28.4 Å². The zero-order valence-corrected chi connectivity index (χ0v) is 15.2. The van der Waals surface area contributed by atoms with Crippen LogP contribution in [0.15, 0.2) is 24.3 Å². The molecule has 3 aromatic rings. The number of ether oxygens (including phenoxy) is 1. The van der Waals surface area contributed by atoms with E-state index in [1.54, 1.807) is 18.4 Å². The molecule has 6 nitrogen and oxygen atoms in total. The minimum atomic E-state index is 0.411. The highest BCUT2D eigenvalue weighted by molar-refractivity contribution is 7.17. The number of rotatable bonds is 4. The average Bonchev–Trinajstić information content (AvgIpc) is 3.20. The van der Waals surface area contributed by atoms with E-state index in [0.717, 1.165) is 46.6 Å². The number of likely N-dealkylation sites (N-methyl/N-ethyl adjacent to an activating group) is 1. The Morgan fingerprint density at radius 1 is 1.20 bits per heavy atom. The summed E-state index contributed by atoms with van der Waals surface area (Å²) in [6.45, 7) is 2.18. The highest BCUT2D eigenvalue weighted by atomic mass is 32.1. The molecule has 1 atom stereocenters. The Morgan fingerprint density at radius 2 is 2.04 bits per heavy atom. The predicted molar refractivity (Wildman–Crippen MR) is 100 cm³/mol. The van der Waals surface area contributed by atoms with Crippen molar-refractivity contribution in [3.8, 4) is 5.75 Å². The Morgan fingerprint density at radius 3 is 2.80 bits per heavy atom. The number of hydrogen-bond donors (Lipinski definition) is 0. The Balaban J connectivity index is 1.55. The quantitative estimate of drug-likeness (QED) is 0.719. The Hall–Kier alpha value is -2.25. The summed E-state index contributed by atoms with van der Waals surface area (Å²) in [5, 5.41) is 14.3. The van der Waals surface area contributed by atoms with Gasteiger partial charge in [0.1, 0.15) is 10.8 Å². The molecule has 0 aliphatic carbocycles. The van der Waals surface area contributed by atoms with Crippen LogP contribution in [0.4, 0.5) is 0 Å². The summed E-state index contributed by atoms with van der Waals surface area (Å²) in [5.74, 6) is 2.26. The molecule has 3 heterocycles. The van der Waals surface area contributed by atoms with Crippen LogP contribution in [0.2, 0.25) is 0 Å². The summed E-state index contributed by atoms with van der Waals surface area (Å²) < 4.78 is 7.10. The first kappa shape index (κ1) is 16.2. The van der Waals surface area contributed by atoms with Crippen molar-refractivity contribution in [2.24, 2.45) is 0 Å². The van der Waals surface area contributed by atoms with Crippen LogP contribution in [-0.4, -0.2) is 52.0 Å². The topological polar surface area (TPSA) is 55.6 Å². The van der Waals surface area contributed by atoms with Gasteiger partial charge in [-0.2, -0.15) is 9.61 Å². The van der Waals surface area contributed by atoms with Crippen molar-refractivity contribution in [2.75, 3.05) is 27.2 Å². The highest BCUT2D eigenvalue weighted by Gasteiger charge is 2.24. The number of likely N-dealkylation sites (tertiary alicyclic amines) is 1. The molecule has 0 N–H and O–H groups in total. The first-order valence-electron chi connectivity index (χ1n) is 8.46. The van der Waals surface area contributed by atoms with Crippen molar-refractivity contribution in [1.29, 1.82) is 0 Å². The van der Waals surface area contributed by atoms with Gasteiger partial charge in [0.2, 0.25) is 4.96 Å². The van der Waals surface area contributed by atoms with Gasteiger partial charge in [-0.15, -0.1) is 10.2 Å². The fraction of sp³-hybridized carbons (Fsp3) is 0.389. The number of fused-ring (bicyclic) bond motifs is 1. The van der Waals surface area contributed by atoms with E-state index in [2.05, 4.69) is 28.2 Å². The maximum absolute atomic E-state index is 5.18. The summed E-state index contributed by atoms with van der Waals surface area (Å²) >= 11 is 1.56. The molecule has 0 bridgehead atoms. The van der Waals surface area contributed by atoms with Crippen molar-refractivity contribution in [3.63, 3.8) is 0 Å². The SMILES string of the molecule is COc1ccc(/C=C/c2nn3c(C4CCCN(C)C4)nnc3s2)cc1. The van der Waals surface area contributed by atoms with E-state index in [9.17, 15) is 0 Å². The van der Waals surface area contributed by atoms with E-state index >= 15 is 0 Å². The molecule has 1 aliphatic rings. The van der Waals surface area contributed by atoms with Crippen LogP contribution < -0.4 is 4.74 Å². The fourth-order valence-electron chi connectivity index (χ4n) is 3.23. The number of methoxy groups -OCH3 is 1. The van der Waals surface area contributed by atoms with Crippen LogP contribution in [-0.2, 0) is 0 Å². The second-order valence-electron chi connectivity index (χ2n) is 6.40. The summed E-state index contributed by atoms with van der Waals surface area (Å²) in [6, 6.07) is 7.96. The van der Waals surface area contributed by atoms with E-state index in [4.69, 9.17) is 9.84 Å². The molecule has 0 spiro atoms. The molecule has 1 saturated heterocycles. The van der Waals surface area contributed by atoms with Gasteiger partial charge in [-0.05, 0) is 50.2 Å². The van der Waals surface area contributed by atoms with Crippen molar-refractivity contribution < 1.29 is 4.74 Å². The molecule has 1 aliphatic heterocycles. The molecule has 0 saturated carbocycles. The van der Waals surface area contributed by atoms with Gasteiger partial charge < -0.3 is 9.64 Å². The lowest BCUT2D eigenvalue weighted by atomic mass is 9.98. The number of hydrogen-bond acceptors (Lipinski definition) is 6. The molecule has 2 aromatic heterocycles. The van der Waals surface area contributed by atoms with Gasteiger partial charge in [0, 0.05) is 12.5 Å². The minimum Gasteiger partial charge on any atom is -0.497 e. The maximum Gasteiger partial charge on any atom is 0.234 e. The molecule has 1 unspecified atom stereocenters. The molecule has 1 fully saturated rings. The summed E-state index contributed by atoms with van der Waals surface area (Å²) in [6.07, 6.45) is 6.43. The molecule has 130 valence electrons. The van der Waals surface area contributed by atoms with Gasteiger partial charge in [-0.25, -0.2) is 0 Å². The van der Waals surface area contributed by atoms with Crippen molar-refractivity contribution in [2.45, 2.75) is 18.8 Å². The van der Waals surface area contributed by atoms with E-state index in [1.165, 1.54) is 6.42 Å². The van der Waals surface area contributed by atoms with Gasteiger partial charge in [0.25, 0.3) is 0 Å². The predicted octanol–water partition coefficient (Wildman–Crippen LogP) is 3.17. The number of benzene rings is 1. The lowest BCUT2D eigenvalue weighted by Gasteiger charge is -2.28. The lowest BCUT2D eigenvalue weighted by molar-refractivity contribution is 0.244. The van der Waals surface area contributed by atoms with Crippen LogP contribution in [0, 0.1) is 0 Å². The second-order valence-corrected chi connectivity index (χ2v) is 7.39. The van der Waals surface area contributed by atoms with Gasteiger partial charge in [0.15, 0.2) is 5.82 Å². The third kappa shape index (κ3) is 3.43. The molecule has 0 radical (unpaired) electrons. The Bertz CT molecular complexity index is 883. The molecule has 1 aromatic carbocycles. The number of nitrogens with zero attached hydrogens (tertiary/aromatic N) is 5. The first-order chi connectivity index (χ1) is 12.2. The molecular formula is C18H21N5OS. The van der Waals surface area contributed by atoms with Crippen LogP contribution in [0.3, 0.4) is 0 Å². The summed E-state index contributed by atoms with van der Waals surface area (Å²) in [5.41, 5.74) is 1.11. The third-order valence-corrected chi connectivity index (χ3v) is 5.42. The Kier molecular flexibility index (Phi) is 4.50. The smallest absolute Gasteiger partial charge is 0.234 e. The molecule has 4 rings (SSSR count). The Labute approximate surface area is 150 Å². The largest absolute Gasteiger partial charge is 0.497 e. The van der Waals surface area contributed by atoms with Gasteiger partial charge in [-0.3, -0.25) is 0 Å². The zero-order valence-electron chi connectivity index (χ0n) is 14.4. The van der Waals surface area contributed by atoms with Crippen molar-refractivity contribution in [3.05, 3.63) is 40.7 Å². The lowest BCUT2D eigenvalue weighted by Crippen LogP contribution is -2.31. The fourth-order valence-corrected chi connectivity index (χ4v) is 3.98. The molecule has 25 heavy (non-hydrogen) atoms.